The molecule has 1 rings (SSSR count). The van der Waals surface area contributed by atoms with Gasteiger partial charge in [-0.05, 0) is 13.3 Å². The fourth-order valence-electron chi connectivity index (χ4n) is 1.28. The molecular weight excluding hydrogens is 148 g/mol. The number of aromatic nitrogens is 2. The third-order valence-corrected chi connectivity index (χ3v) is 2.11. The SMILES string of the molecule is CCCCCCn1c[c]nc1C. The van der Waals surface area contributed by atoms with Gasteiger partial charge in [-0.25, -0.2) is 4.98 Å². The van der Waals surface area contributed by atoms with Crippen molar-refractivity contribution >= 4 is 0 Å². The molecule has 2 heteroatoms. The first-order valence-corrected chi connectivity index (χ1v) is 4.74. The molecule has 0 amide bonds. The van der Waals surface area contributed by atoms with Crippen molar-refractivity contribution in [1.82, 2.24) is 9.55 Å². The standard InChI is InChI=1S/C10H17N2/c1-3-4-5-6-8-12-9-7-11-10(12)2/h9H,3-6,8H2,1-2H3. The van der Waals surface area contributed by atoms with Crippen LogP contribution in [0.3, 0.4) is 0 Å². The summed E-state index contributed by atoms with van der Waals surface area (Å²) in [5.41, 5.74) is 0. The fraction of sp³-hybridized carbons (Fsp3) is 0.700. The van der Waals surface area contributed by atoms with E-state index in [2.05, 4.69) is 22.7 Å². The van der Waals surface area contributed by atoms with Crippen molar-refractivity contribution < 1.29 is 0 Å². The van der Waals surface area contributed by atoms with Gasteiger partial charge >= 0.3 is 0 Å². The van der Waals surface area contributed by atoms with E-state index in [0.717, 1.165) is 12.4 Å². The summed E-state index contributed by atoms with van der Waals surface area (Å²) in [6, 6.07) is 0. The van der Waals surface area contributed by atoms with Crippen LogP contribution < -0.4 is 0 Å². The van der Waals surface area contributed by atoms with Crippen molar-refractivity contribution in [3.05, 3.63) is 18.2 Å². The highest BCUT2D eigenvalue weighted by molar-refractivity contribution is 4.86. The first-order chi connectivity index (χ1) is 5.84. The summed E-state index contributed by atoms with van der Waals surface area (Å²) in [6.45, 7) is 5.36. The molecule has 0 aliphatic heterocycles. The third-order valence-electron chi connectivity index (χ3n) is 2.11. The van der Waals surface area contributed by atoms with Gasteiger partial charge in [0.2, 0.25) is 0 Å². The number of unbranched alkanes of at least 4 members (excludes halogenated alkanes) is 3. The monoisotopic (exact) mass is 165 g/mol. The van der Waals surface area contributed by atoms with Gasteiger partial charge in [0, 0.05) is 12.7 Å². The minimum Gasteiger partial charge on any atom is -0.334 e. The normalized spacial score (nSPS) is 10.5. The molecule has 0 spiro atoms. The van der Waals surface area contributed by atoms with Gasteiger partial charge in [-0.15, -0.1) is 0 Å². The third kappa shape index (κ3) is 2.68. The van der Waals surface area contributed by atoms with Gasteiger partial charge in [-0.2, -0.15) is 0 Å². The summed E-state index contributed by atoms with van der Waals surface area (Å²) in [4.78, 5) is 4.05. The van der Waals surface area contributed by atoms with Crippen LogP contribution in [-0.4, -0.2) is 9.55 Å². The Hall–Kier alpha value is -0.790. The number of rotatable bonds is 5. The fourth-order valence-corrected chi connectivity index (χ4v) is 1.28. The van der Waals surface area contributed by atoms with Crippen LogP contribution in [0, 0.1) is 13.1 Å². The Bertz CT molecular complexity index is 215. The lowest BCUT2D eigenvalue weighted by atomic mass is 10.2. The van der Waals surface area contributed by atoms with Crippen LogP contribution >= 0.6 is 0 Å². The van der Waals surface area contributed by atoms with Crippen molar-refractivity contribution in [1.29, 1.82) is 0 Å². The summed E-state index contributed by atoms with van der Waals surface area (Å²) in [5, 5.41) is 0. The first kappa shape index (κ1) is 9.30. The van der Waals surface area contributed by atoms with E-state index in [-0.39, 0.29) is 0 Å². The van der Waals surface area contributed by atoms with E-state index in [1.807, 2.05) is 13.1 Å². The van der Waals surface area contributed by atoms with Gasteiger partial charge in [0.1, 0.15) is 12.0 Å². The predicted octanol–water partition coefficient (Wildman–Crippen LogP) is 2.57. The molecule has 67 valence electrons. The van der Waals surface area contributed by atoms with E-state index in [1.165, 1.54) is 25.7 Å². The topological polar surface area (TPSA) is 17.8 Å². The van der Waals surface area contributed by atoms with Crippen molar-refractivity contribution in [2.75, 3.05) is 0 Å². The molecule has 12 heavy (non-hydrogen) atoms. The largest absolute Gasteiger partial charge is 0.334 e. The second-order valence-corrected chi connectivity index (χ2v) is 3.17. The zero-order chi connectivity index (χ0) is 8.81. The summed E-state index contributed by atoms with van der Waals surface area (Å²) in [7, 11) is 0. The van der Waals surface area contributed by atoms with Crippen LogP contribution in [0.1, 0.15) is 38.4 Å². The second kappa shape index (κ2) is 4.96. The molecule has 1 aromatic heterocycles. The van der Waals surface area contributed by atoms with Gasteiger partial charge in [0.25, 0.3) is 0 Å². The van der Waals surface area contributed by atoms with Gasteiger partial charge in [0.05, 0.1) is 0 Å². The van der Waals surface area contributed by atoms with Crippen LogP contribution in [-0.2, 0) is 6.54 Å². The lowest BCUT2D eigenvalue weighted by molar-refractivity contribution is 0.573. The molecule has 0 unspecified atom stereocenters. The van der Waals surface area contributed by atoms with Crippen LogP contribution in [0.4, 0.5) is 0 Å². The lowest BCUT2D eigenvalue weighted by Crippen LogP contribution is -1.98. The van der Waals surface area contributed by atoms with E-state index in [1.54, 1.807) is 0 Å². The maximum absolute atomic E-state index is 4.05. The molecule has 0 aliphatic rings. The predicted molar refractivity (Wildman–Crippen MR) is 49.9 cm³/mol. The zero-order valence-electron chi connectivity index (χ0n) is 8.01. The smallest absolute Gasteiger partial charge is 0.109 e. The second-order valence-electron chi connectivity index (χ2n) is 3.17. The Labute approximate surface area is 74.6 Å². The molecule has 0 N–H and O–H groups in total. The van der Waals surface area contributed by atoms with Crippen molar-refractivity contribution in [2.45, 2.75) is 46.1 Å². The molecule has 2 nitrogen and oxygen atoms in total. The van der Waals surface area contributed by atoms with E-state index in [4.69, 9.17) is 0 Å². The highest BCUT2D eigenvalue weighted by atomic mass is 15.0. The molecule has 1 aromatic rings. The molecule has 1 heterocycles. The average molecular weight is 165 g/mol. The van der Waals surface area contributed by atoms with E-state index in [9.17, 15) is 0 Å². The summed E-state index contributed by atoms with van der Waals surface area (Å²) in [5.74, 6) is 1.08. The Morgan fingerprint density at radius 1 is 1.42 bits per heavy atom. The minimum atomic E-state index is 1.08. The van der Waals surface area contributed by atoms with Crippen LogP contribution in [0.15, 0.2) is 6.20 Å². The quantitative estimate of drug-likeness (QED) is 0.613. The highest BCUT2D eigenvalue weighted by Gasteiger charge is 1.95. The maximum Gasteiger partial charge on any atom is 0.109 e. The van der Waals surface area contributed by atoms with Crippen molar-refractivity contribution in [3.8, 4) is 0 Å². The average Bonchev–Trinajstić information content (AvgIpc) is 2.46. The van der Waals surface area contributed by atoms with Gasteiger partial charge in [0.15, 0.2) is 0 Å². The van der Waals surface area contributed by atoms with Gasteiger partial charge < -0.3 is 4.57 Å². The highest BCUT2D eigenvalue weighted by Crippen LogP contribution is 2.03. The van der Waals surface area contributed by atoms with Crippen LogP contribution in [0.25, 0.3) is 0 Å². The Morgan fingerprint density at radius 2 is 2.25 bits per heavy atom. The Balaban J connectivity index is 2.20. The molecule has 0 saturated heterocycles. The molecule has 1 radical (unpaired) electrons. The number of aryl methyl sites for hydroxylation is 2. The minimum absolute atomic E-state index is 1.08. The molecule has 0 bridgehead atoms. The number of hydrogen-bond donors (Lipinski definition) is 0. The van der Waals surface area contributed by atoms with E-state index in [0.29, 0.717) is 0 Å². The lowest BCUT2D eigenvalue weighted by Gasteiger charge is -2.03. The molecule has 0 fully saturated rings. The van der Waals surface area contributed by atoms with E-state index >= 15 is 0 Å². The van der Waals surface area contributed by atoms with Gasteiger partial charge in [-0.3, -0.25) is 0 Å². The van der Waals surface area contributed by atoms with Crippen molar-refractivity contribution in [3.63, 3.8) is 0 Å². The molecule has 0 saturated carbocycles. The first-order valence-electron chi connectivity index (χ1n) is 4.74. The zero-order valence-corrected chi connectivity index (χ0v) is 8.01. The summed E-state index contributed by atoms with van der Waals surface area (Å²) >= 11 is 0. The van der Waals surface area contributed by atoms with Crippen LogP contribution in [0.2, 0.25) is 0 Å². The van der Waals surface area contributed by atoms with Crippen LogP contribution in [0.5, 0.6) is 0 Å². The van der Waals surface area contributed by atoms with Crippen molar-refractivity contribution in [2.24, 2.45) is 0 Å². The Morgan fingerprint density at radius 3 is 2.83 bits per heavy atom. The number of imidazole rings is 1. The number of hydrogen-bond acceptors (Lipinski definition) is 1. The molecule has 0 aromatic carbocycles. The molecular formula is C10H17N2. The maximum atomic E-state index is 4.05. The summed E-state index contributed by atoms with van der Waals surface area (Å²) in [6.07, 6.45) is 10.0. The van der Waals surface area contributed by atoms with Gasteiger partial charge in [-0.1, -0.05) is 26.2 Å². The Kier molecular flexibility index (Phi) is 3.85. The number of nitrogens with zero attached hydrogens (tertiary/aromatic N) is 2. The molecule has 0 atom stereocenters. The van der Waals surface area contributed by atoms with E-state index < -0.39 is 0 Å². The molecule has 0 aliphatic carbocycles. The summed E-state index contributed by atoms with van der Waals surface area (Å²) < 4.78 is 2.16.